The number of aromatic nitrogens is 3. The summed E-state index contributed by atoms with van der Waals surface area (Å²) in [5.74, 6) is 0.926. The number of hydrogen-bond acceptors (Lipinski definition) is 4. The monoisotopic (exact) mass is 354 g/mol. The lowest BCUT2D eigenvalue weighted by Gasteiger charge is -2.22. The molecule has 1 aromatic carbocycles. The number of benzene rings is 1. The third kappa shape index (κ3) is 3.12. The van der Waals surface area contributed by atoms with Gasteiger partial charge in [0, 0.05) is 26.2 Å². The molecule has 0 N–H and O–H groups in total. The molecule has 1 fully saturated rings. The molecular formula is C19H19FN4O2. The zero-order valence-corrected chi connectivity index (χ0v) is 14.4. The van der Waals surface area contributed by atoms with Gasteiger partial charge in [-0.05, 0) is 36.6 Å². The third-order valence-electron chi connectivity index (χ3n) is 4.70. The Morgan fingerprint density at radius 3 is 2.85 bits per heavy atom. The van der Waals surface area contributed by atoms with E-state index in [1.165, 1.54) is 12.1 Å². The van der Waals surface area contributed by atoms with Crippen LogP contribution < -0.4 is 0 Å². The van der Waals surface area contributed by atoms with E-state index in [2.05, 4.69) is 10.1 Å². The normalized spacial score (nSPS) is 17.0. The summed E-state index contributed by atoms with van der Waals surface area (Å²) in [6.07, 6.45) is 5.56. The van der Waals surface area contributed by atoms with Crippen LogP contribution >= 0.6 is 0 Å². The van der Waals surface area contributed by atoms with Crippen molar-refractivity contribution in [2.24, 2.45) is 7.05 Å². The van der Waals surface area contributed by atoms with Gasteiger partial charge in [-0.2, -0.15) is 5.10 Å². The van der Waals surface area contributed by atoms with Crippen molar-refractivity contribution in [2.75, 3.05) is 6.54 Å². The van der Waals surface area contributed by atoms with E-state index >= 15 is 0 Å². The predicted molar refractivity (Wildman–Crippen MR) is 91.9 cm³/mol. The van der Waals surface area contributed by atoms with Gasteiger partial charge < -0.3 is 9.32 Å². The van der Waals surface area contributed by atoms with Gasteiger partial charge in [-0.15, -0.1) is 0 Å². The molecule has 6 nitrogen and oxygen atoms in total. The maximum atomic E-state index is 13.0. The smallest absolute Gasteiger partial charge is 0.272 e. The highest BCUT2D eigenvalue weighted by Crippen LogP contribution is 2.33. The number of carbonyl (C=O) groups is 1. The Kier molecular flexibility index (Phi) is 4.28. The first-order chi connectivity index (χ1) is 12.6. The predicted octanol–water partition coefficient (Wildman–Crippen LogP) is 3.12. The molecule has 3 heterocycles. The van der Waals surface area contributed by atoms with Crippen LogP contribution in [0.4, 0.5) is 4.39 Å². The van der Waals surface area contributed by atoms with Crippen molar-refractivity contribution in [3.8, 4) is 0 Å². The average molecular weight is 354 g/mol. The minimum atomic E-state index is -0.262. The lowest BCUT2D eigenvalue weighted by Crippen LogP contribution is -2.32. The number of likely N-dealkylation sites (tertiary alicyclic amines) is 1. The SMILES string of the molecule is Cn1nccc1C(=O)N1CCCC1c1ncc(Cc2ccc(F)cc2)o1. The van der Waals surface area contributed by atoms with E-state index in [4.69, 9.17) is 4.42 Å². The first-order valence-electron chi connectivity index (χ1n) is 8.60. The first kappa shape index (κ1) is 16.5. The van der Waals surface area contributed by atoms with Crippen LogP contribution in [-0.2, 0) is 13.5 Å². The maximum Gasteiger partial charge on any atom is 0.272 e. The van der Waals surface area contributed by atoms with Gasteiger partial charge >= 0.3 is 0 Å². The first-order valence-corrected chi connectivity index (χ1v) is 8.60. The fraction of sp³-hybridized carbons (Fsp3) is 0.316. The van der Waals surface area contributed by atoms with E-state index in [9.17, 15) is 9.18 Å². The zero-order chi connectivity index (χ0) is 18.1. The summed E-state index contributed by atoms with van der Waals surface area (Å²) in [6, 6.07) is 7.86. The van der Waals surface area contributed by atoms with Crippen molar-refractivity contribution in [3.05, 3.63) is 71.5 Å². The largest absolute Gasteiger partial charge is 0.443 e. The molecule has 3 aromatic rings. The summed E-state index contributed by atoms with van der Waals surface area (Å²) in [4.78, 5) is 19.0. The molecule has 26 heavy (non-hydrogen) atoms. The number of aryl methyl sites for hydroxylation is 1. The van der Waals surface area contributed by atoms with E-state index in [1.54, 1.807) is 47.2 Å². The highest BCUT2D eigenvalue weighted by molar-refractivity contribution is 5.92. The molecule has 0 saturated carbocycles. The maximum absolute atomic E-state index is 13.0. The minimum absolute atomic E-state index is 0.0641. The van der Waals surface area contributed by atoms with Gasteiger partial charge in [-0.3, -0.25) is 9.48 Å². The molecule has 1 unspecified atom stereocenters. The molecule has 1 aliphatic heterocycles. The average Bonchev–Trinajstić information content (AvgIpc) is 3.36. The van der Waals surface area contributed by atoms with Gasteiger partial charge in [-0.25, -0.2) is 9.37 Å². The van der Waals surface area contributed by atoms with Crippen LogP contribution in [0.3, 0.4) is 0 Å². The summed E-state index contributed by atoms with van der Waals surface area (Å²) >= 11 is 0. The molecule has 7 heteroatoms. The summed E-state index contributed by atoms with van der Waals surface area (Å²) in [5.41, 5.74) is 1.50. The fourth-order valence-electron chi connectivity index (χ4n) is 3.36. The van der Waals surface area contributed by atoms with E-state index in [-0.39, 0.29) is 17.8 Å². The Bertz CT molecular complexity index is 916. The Morgan fingerprint density at radius 2 is 2.12 bits per heavy atom. The van der Waals surface area contributed by atoms with Crippen LogP contribution in [0.5, 0.6) is 0 Å². The highest BCUT2D eigenvalue weighted by atomic mass is 19.1. The number of halogens is 1. The highest BCUT2D eigenvalue weighted by Gasteiger charge is 2.34. The summed E-state index contributed by atoms with van der Waals surface area (Å²) < 4.78 is 20.5. The molecule has 1 aliphatic rings. The van der Waals surface area contributed by atoms with Crippen molar-refractivity contribution in [3.63, 3.8) is 0 Å². The number of hydrogen-bond donors (Lipinski definition) is 0. The fourth-order valence-corrected chi connectivity index (χ4v) is 3.36. The van der Waals surface area contributed by atoms with Gasteiger partial charge in [0.25, 0.3) is 5.91 Å². The van der Waals surface area contributed by atoms with Crippen molar-refractivity contribution < 1.29 is 13.6 Å². The van der Waals surface area contributed by atoms with Gasteiger partial charge in [0.15, 0.2) is 0 Å². The van der Waals surface area contributed by atoms with E-state index in [1.807, 2.05) is 0 Å². The van der Waals surface area contributed by atoms with E-state index < -0.39 is 0 Å². The summed E-state index contributed by atoms with van der Waals surface area (Å²) in [7, 11) is 1.75. The van der Waals surface area contributed by atoms with E-state index in [0.717, 1.165) is 18.4 Å². The van der Waals surface area contributed by atoms with Gasteiger partial charge in [-0.1, -0.05) is 12.1 Å². The van der Waals surface area contributed by atoms with Crippen LogP contribution in [0.25, 0.3) is 0 Å². The number of amides is 1. The molecule has 0 bridgehead atoms. The van der Waals surface area contributed by atoms with Crippen molar-refractivity contribution in [1.82, 2.24) is 19.7 Å². The van der Waals surface area contributed by atoms with Crippen molar-refractivity contribution >= 4 is 5.91 Å². The molecular weight excluding hydrogens is 335 g/mol. The summed E-state index contributed by atoms with van der Waals surface area (Å²) in [6.45, 7) is 0.671. The van der Waals surface area contributed by atoms with Crippen molar-refractivity contribution in [1.29, 1.82) is 0 Å². The standard InChI is InChI=1S/C19H19FN4O2/c1-23-17(8-9-22-23)19(25)24-10-2-3-16(24)18-21-12-15(26-18)11-13-4-6-14(20)7-5-13/h4-9,12,16H,2-3,10-11H2,1H3. The minimum Gasteiger partial charge on any atom is -0.443 e. The third-order valence-corrected chi connectivity index (χ3v) is 4.70. The van der Waals surface area contributed by atoms with Crippen LogP contribution in [0.15, 0.2) is 47.1 Å². The Hall–Kier alpha value is -2.96. The van der Waals surface area contributed by atoms with E-state index in [0.29, 0.717) is 30.3 Å². The van der Waals surface area contributed by atoms with Crippen LogP contribution in [-0.4, -0.2) is 32.1 Å². The van der Waals surface area contributed by atoms with Gasteiger partial charge in [0.05, 0.1) is 6.20 Å². The number of oxazole rings is 1. The number of rotatable bonds is 4. The molecule has 2 aromatic heterocycles. The quantitative estimate of drug-likeness (QED) is 0.722. The Labute approximate surface area is 150 Å². The Morgan fingerprint density at radius 1 is 1.31 bits per heavy atom. The number of nitrogens with zero attached hydrogens (tertiary/aromatic N) is 4. The number of carbonyl (C=O) groups excluding carboxylic acids is 1. The van der Waals surface area contributed by atoms with Gasteiger partial charge in [0.2, 0.25) is 5.89 Å². The lowest BCUT2D eigenvalue weighted by atomic mass is 10.1. The molecule has 1 saturated heterocycles. The molecule has 1 amide bonds. The molecule has 0 spiro atoms. The molecule has 0 radical (unpaired) electrons. The molecule has 134 valence electrons. The van der Waals surface area contributed by atoms with Crippen LogP contribution in [0.1, 0.15) is 46.6 Å². The lowest BCUT2D eigenvalue weighted by molar-refractivity contribution is 0.0703. The second-order valence-corrected chi connectivity index (χ2v) is 6.46. The molecule has 1 atom stereocenters. The van der Waals surface area contributed by atoms with Crippen LogP contribution in [0, 0.1) is 5.82 Å². The topological polar surface area (TPSA) is 64.2 Å². The van der Waals surface area contributed by atoms with Crippen molar-refractivity contribution in [2.45, 2.75) is 25.3 Å². The zero-order valence-electron chi connectivity index (χ0n) is 14.4. The van der Waals surface area contributed by atoms with Gasteiger partial charge in [0.1, 0.15) is 23.3 Å². The summed E-state index contributed by atoms with van der Waals surface area (Å²) in [5, 5.41) is 4.07. The second kappa shape index (κ2) is 6.74. The molecule has 4 rings (SSSR count). The second-order valence-electron chi connectivity index (χ2n) is 6.46. The van der Waals surface area contributed by atoms with Crippen LogP contribution in [0.2, 0.25) is 0 Å². The molecule has 0 aliphatic carbocycles. The Balaban J connectivity index is 1.52.